The van der Waals surface area contributed by atoms with E-state index in [1.54, 1.807) is 6.08 Å². The van der Waals surface area contributed by atoms with Gasteiger partial charge in [-0.1, -0.05) is 68.3 Å². The third-order valence-corrected chi connectivity index (χ3v) is 7.73. The third kappa shape index (κ3) is 6.16. The number of rotatable bonds is 4. The molecule has 0 saturated heterocycles. The maximum atomic E-state index is 12.0. The molecule has 1 aromatic heterocycles. The molecule has 0 atom stereocenters. The number of thioether (sulfide) groups is 2. The first-order valence-electron chi connectivity index (χ1n) is 11.2. The van der Waals surface area contributed by atoms with Crippen LogP contribution in [0.2, 0.25) is 0 Å². The van der Waals surface area contributed by atoms with Gasteiger partial charge in [0.1, 0.15) is 9.81 Å². The molecule has 0 bridgehead atoms. The van der Waals surface area contributed by atoms with Crippen LogP contribution in [0.25, 0.3) is 22.9 Å². The number of hydrogen-bond donors (Lipinski definition) is 0. The molecule has 2 heterocycles. The number of esters is 2. The fourth-order valence-electron chi connectivity index (χ4n) is 3.27. The number of nitrogens with zero attached hydrogens (tertiary/aromatic N) is 2. The van der Waals surface area contributed by atoms with Crippen molar-refractivity contribution in [3.63, 3.8) is 0 Å². The first-order chi connectivity index (χ1) is 17.7. The maximum Gasteiger partial charge on any atom is 0.346 e. The van der Waals surface area contributed by atoms with Crippen LogP contribution in [0, 0.1) is 11.8 Å². The molecule has 0 fully saturated rings. The minimum atomic E-state index is -0.587. The second-order valence-electron chi connectivity index (χ2n) is 8.90. The summed E-state index contributed by atoms with van der Waals surface area (Å²) in [5.74, 6) is 5.72. The molecule has 7 nitrogen and oxygen atoms in total. The molecule has 0 radical (unpaired) electrons. The van der Waals surface area contributed by atoms with Gasteiger partial charge in [-0.15, -0.1) is 10.2 Å². The lowest BCUT2D eigenvalue weighted by atomic mass is 9.87. The molecule has 1 aliphatic heterocycles. The molecule has 0 amide bonds. The van der Waals surface area contributed by atoms with Gasteiger partial charge in [0.15, 0.2) is 0 Å². The van der Waals surface area contributed by atoms with Crippen molar-refractivity contribution in [3.05, 3.63) is 79.8 Å². The van der Waals surface area contributed by atoms with Gasteiger partial charge in [-0.3, -0.25) is 0 Å². The fourth-order valence-corrected chi connectivity index (χ4v) is 5.51. The lowest BCUT2D eigenvalue weighted by Gasteiger charge is -2.18. The van der Waals surface area contributed by atoms with Crippen LogP contribution in [0.5, 0.6) is 0 Å². The van der Waals surface area contributed by atoms with Gasteiger partial charge >= 0.3 is 11.9 Å². The summed E-state index contributed by atoms with van der Waals surface area (Å²) in [5.41, 5.74) is 3.73. The van der Waals surface area contributed by atoms with E-state index in [0.29, 0.717) is 16.0 Å². The number of carbonyl (C=O) groups excluding carboxylic acids is 2. The Kier molecular flexibility index (Phi) is 7.91. The van der Waals surface area contributed by atoms with Gasteiger partial charge in [0, 0.05) is 22.8 Å². The molecule has 0 saturated carbocycles. The van der Waals surface area contributed by atoms with E-state index < -0.39 is 11.9 Å². The van der Waals surface area contributed by atoms with Crippen molar-refractivity contribution < 1.29 is 23.5 Å². The van der Waals surface area contributed by atoms with Gasteiger partial charge in [0.25, 0.3) is 0 Å². The molecule has 0 spiro atoms. The topological polar surface area (TPSA) is 91.5 Å². The van der Waals surface area contributed by atoms with E-state index in [9.17, 15) is 9.59 Å². The van der Waals surface area contributed by atoms with Crippen LogP contribution in [0.15, 0.2) is 73.1 Å². The van der Waals surface area contributed by atoms with Crippen molar-refractivity contribution in [1.29, 1.82) is 0 Å². The number of methoxy groups -OCH3 is 2. The smallest absolute Gasteiger partial charge is 0.346 e. The molecule has 188 valence electrons. The van der Waals surface area contributed by atoms with Crippen molar-refractivity contribution in [2.45, 2.75) is 26.2 Å². The van der Waals surface area contributed by atoms with Gasteiger partial charge in [-0.05, 0) is 47.4 Å². The van der Waals surface area contributed by atoms with Crippen LogP contribution in [0.1, 0.15) is 31.9 Å². The molecular weight excluding hydrogens is 508 g/mol. The van der Waals surface area contributed by atoms with Crippen molar-refractivity contribution in [2.24, 2.45) is 0 Å². The third-order valence-electron chi connectivity index (χ3n) is 5.31. The highest BCUT2D eigenvalue weighted by Gasteiger charge is 2.32. The quantitative estimate of drug-likeness (QED) is 0.299. The van der Waals surface area contributed by atoms with Gasteiger partial charge in [0.05, 0.1) is 18.5 Å². The lowest BCUT2D eigenvalue weighted by molar-refractivity contribution is -0.138. The molecule has 37 heavy (non-hydrogen) atoms. The SMILES string of the molecule is COC(=O)C1=C(C(=O)OC)SC(=CC#Cc2ccc(-c3nnc(-c4ccc(C(C)(C)C)cc4)o3)cc2)S1. The lowest BCUT2D eigenvalue weighted by Crippen LogP contribution is -2.10. The number of carbonyl (C=O) groups is 2. The summed E-state index contributed by atoms with van der Waals surface area (Å²) in [6, 6.07) is 15.6. The van der Waals surface area contributed by atoms with E-state index in [0.717, 1.165) is 40.2 Å². The van der Waals surface area contributed by atoms with E-state index in [1.807, 2.05) is 36.4 Å². The Morgan fingerprint density at radius 2 is 1.32 bits per heavy atom. The van der Waals surface area contributed by atoms with Crippen LogP contribution in [0.3, 0.4) is 0 Å². The number of allylic oxidation sites excluding steroid dienone is 1. The zero-order valence-electron chi connectivity index (χ0n) is 20.9. The molecular formula is C28H24N2O5S2. The summed E-state index contributed by atoms with van der Waals surface area (Å²) in [5, 5.41) is 8.38. The van der Waals surface area contributed by atoms with E-state index in [1.165, 1.54) is 19.8 Å². The monoisotopic (exact) mass is 532 g/mol. The average Bonchev–Trinajstić information content (AvgIpc) is 3.56. The molecule has 3 aromatic rings. The summed E-state index contributed by atoms with van der Waals surface area (Å²) in [7, 11) is 2.53. The first kappa shape index (κ1) is 26.3. The Bertz CT molecular complexity index is 1420. The first-order valence-corrected chi connectivity index (χ1v) is 12.9. The zero-order valence-corrected chi connectivity index (χ0v) is 22.6. The number of ether oxygens (including phenoxy) is 2. The Morgan fingerprint density at radius 3 is 1.78 bits per heavy atom. The van der Waals surface area contributed by atoms with Crippen molar-refractivity contribution in [1.82, 2.24) is 10.2 Å². The van der Waals surface area contributed by atoms with Gasteiger partial charge in [-0.2, -0.15) is 0 Å². The highest BCUT2D eigenvalue weighted by molar-refractivity contribution is 8.29. The van der Waals surface area contributed by atoms with E-state index in [4.69, 9.17) is 13.9 Å². The predicted molar refractivity (Wildman–Crippen MR) is 145 cm³/mol. The minimum Gasteiger partial charge on any atom is -0.465 e. The van der Waals surface area contributed by atoms with Crippen LogP contribution in [-0.4, -0.2) is 36.4 Å². The molecule has 9 heteroatoms. The van der Waals surface area contributed by atoms with Crippen LogP contribution in [-0.2, 0) is 24.5 Å². The van der Waals surface area contributed by atoms with Gasteiger partial charge in [-0.25, -0.2) is 9.59 Å². The normalized spacial score (nSPS) is 13.2. The van der Waals surface area contributed by atoms with Crippen molar-refractivity contribution in [2.75, 3.05) is 14.2 Å². The Balaban J connectivity index is 1.44. The summed E-state index contributed by atoms with van der Waals surface area (Å²) in [4.78, 5) is 24.3. The van der Waals surface area contributed by atoms with Crippen molar-refractivity contribution in [3.8, 4) is 34.7 Å². The van der Waals surface area contributed by atoms with Gasteiger partial charge < -0.3 is 13.9 Å². The van der Waals surface area contributed by atoms with Gasteiger partial charge in [0.2, 0.25) is 11.8 Å². The standard InChI is InChI=1S/C28H24N2O5S2/c1-28(2,3)20-15-13-19(14-16-20)25-30-29-24(35-25)18-11-9-17(10-12-18)7-6-8-21-36-22(26(31)33-4)23(37-21)27(32)34-5/h8-16H,1-5H3. The molecule has 2 aromatic carbocycles. The molecule has 0 aliphatic carbocycles. The average molecular weight is 533 g/mol. The summed E-state index contributed by atoms with van der Waals surface area (Å²) < 4.78 is 16.1. The summed E-state index contributed by atoms with van der Waals surface area (Å²) >= 11 is 2.26. The molecule has 4 rings (SSSR count). The zero-order chi connectivity index (χ0) is 26.6. The highest BCUT2D eigenvalue weighted by Crippen LogP contribution is 2.49. The Labute approximate surface area is 223 Å². The minimum absolute atomic E-state index is 0.0727. The maximum absolute atomic E-state index is 12.0. The summed E-state index contributed by atoms with van der Waals surface area (Å²) in [6.07, 6.45) is 1.65. The second kappa shape index (κ2) is 11.1. The summed E-state index contributed by atoms with van der Waals surface area (Å²) in [6.45, 7) is 6.51. The molecule has 0 N–H and O–H groups in total. The molecule has 0 unspecified atom stereocenters. The number of benzene rings is 2. The van der Waals surface area contributed by atoms with Crippen LogP contribution >= 0.6 is 23.5 Å². The Hall–Kier alpha value is -3.74. The fraction of sp³-hybridized carbons (Fsp3) is 0.214. The van der Waals surface area contributed by atoms with E-state index >= 15 is 0 Å². The van der Waals surface area contributed by atoms with Crippen LogP contribution in [0.4, 0.5) is 0 Å². The van der Waals surface area contributed by atoms with Crippen molar-refractivity contribution >= 4 is 35.5 Å². The van der Waals surface area contributed by atoms with E-state index in [-0.39, 0.29) is 15.2 Å². The second-order valence-corrected chi connectivity index (χ2v) is 11.3. The number of aromatic nitrogens is 2. The highest BCUT2D eigenvalue weighted by atomic mass is 32.2. The van der Waals surface area contributed by atoms with Crippen LogP contribution < -0.4 is 0 Å². The molecule has 1 aliphatic rings. The Morgan fingerprint density at radius 1 is 0.838 bits per heavy atom. The largest absolute Gasteiger partial charge is 0.465 e. The van der Waals surface area contributed by atoms with E-state index in [2.05, 4.69) is 54.9 Å². The predicted octanol–water partition coefficient (Wildman–Crippen LogP) is 5.93. The number of hydrogen-bond acceptors (Lipinski definition) is 9.